The van der Waals surface area contributed by atoms with E-state index in [1.54, 1.807) is 13.0 Å². The van der Waals surface area contributed by atoms with Gasteiger partial charge in [-0.3, -0.25) is 4.79 Å². The highest BCUT2D eigenvalue weighted by Gasteiger charge is 2.09. The monoisotopic (exact) mass is 241 g/mol. The maximum absolute atomic E-state index is 11.7. The Morgan fingerprint density at radius 3 is 2.72 bits per heavy atom. The molecule has 0 fully saturated rings. The lowest BCUT2D eigenvalue weighted by Gasteiger charge is -2.00. The molecule has 0 spiro atoms. The van der Waals surface area contributed by atoms with Crippen molar-refractivity contribution in [2.45, 2.75) is 6.92 Å². The fourth-order valence-corrected chi connectivity index (χ4v) is 1.63. The lowest BCUT2D eigenvalue weighted by molar-refractivity contribution is 0.0956. The molecule has 0 aliphatic carbocycles. The molecule has 3 heteroatoms. The van der Waals surface area contributed by atoms with Gasteiger partial charge in [0, 0.05) is 6.54 Å². The van der Waals surface area contributed by atoms with E-state index in [1.165, 1.54) is 6.26 Å². The zero-order valence-electron chi connectivity index (χ0n) is 10.2. The van der Waals surface area contributed by atoms with Crippen LogP contribution in [0.1, 0.15) is 21.7 Å². The smallest absolute Gasteiger partial charge is 0.255 e. The van der Waals surface area contributed by atoms with Crippen LogP contribution in [0.5, 0.6) is 0 Å². The largest absolute Gasteiger partial charge is 0.469 e. The van der Waals surface area contributed by atoms with Gasteiger partial charge < -0.3 is 9.73 Å². The van der Waals surface area contributed by atoms with E-state index in [2.05, 4.69) is 5.32 Å². The second-order valence-corrected chi connectivity index (χ2v) is 3.91. The molecule has 0 unspecified atom stereocenters. The molecular weight excluding hydrogens is 226 g/mol. The second kappa shape index (κ2) is 5.87. The molecule has 92 valence electrons. The van der Waals surface area contributed by atoms with Crippen LogP contribution >= 0.6 is 0 Å². The van der Waals surface area contributed by atoms with Crippen molar-refractivity contribution in [3.05, 3.63) is 65.6 Å². The molecule has 2 aromatic rings. The number of hydrogen-bond acceptors (Lipinski definition) is 2. The van der Waals surface area contributed by atoms with Gasteiger partial charge in [-0.05, 0) is 18.6 Å². The van der Waals surface area contributed by atoms with E-state index in [9.17, 15) is 4.79 Å². The van der Waals surface area contributed by atoms with Gasteiger partial charge in [0.05, 0.1) is 11.8 Å². The molecule has 0 saturated heterocycles. The van der Waals surface area contributed by atoms with Gasteiger partial charge in [-0.1, -0.05) is 42.5 Å². The first-order chi connectivity index (χ1) is 8.77. The van der Waals surface area contributed by atoms with Crippen molar-refractivity contribution in [3.63, 3.8) is 0 Å². The average Bonchev–Trinajstić information content (AvgIpc) is 2.82. The molecule has 1 heterocycles. The highest BCUT2D eigenvalue weighted by molar-refractivity contribution is 5.95. The Kier molecular flexibility index (Phi) is 3.97. The van der Waals surface area contributed by atoms with Crippen molar-refractivity contribution in [2.75, 3.05) is 6.54 Å². The number of carbonyl (C=O) groups excluding carboxylic acids is 1. The highest BCUT2D eigenvalue weighted by Crippen LogP contribution is 2.07. The minimum Gasteiger partial charge on any atom is -0.469 e. The predicted molar refractivity (Wildman–Crippen MR) is 71.3 cm³/mol. The number of rotatable bonds is 4. The summed E-state index contributed by atoms with van der Waals surface area (Å²) in [4.78, 5) is 11.7. The molecule has 1 amide bonds. The Hall–Kier alpha value is -2.29. The van der Waals surface area contributed by atoms with Crippen LogP contribution in [-0.4, -0.2) is 12.5 Å². The third-order valence-corrected chi connectivity index (χ3v) is 2.59. The van der Waals surface area contributed by atoms with Crippen LogP contribution in [0.25, 0.3) is 6.08 Å². The molecule has 0 aliphatic heterocycles. The minimum absolute atomic E-state index is 0.112. The van der Waals surface area contributed by atoms with Crippen LogP contribution in [0.2, 0.25) is 0 Å². The summed E-state index contributed by atoms with van der Waals surface area (Å²) in [5, 5.41) is 2.81. The molecule has 3 nitrogen and oxygen atoms in total. The van der Waals surface area contributed by atoms with Crippen molar-refractivity contribution >= 4 is 12.0 Å². The Bertz CT molecular complexity index is 541. The highest BCUT2D eigenvalue weighted by atomic mass is 16.3. The van der Waals surface area contributed by atoms with Gasteiger partial charge in [-0.15, -0.1) is 0 Å². The Morgan fingerprint density at radius 2 is 2.06 bits per heavy atom. The van der Waals surface area contributed by atoms with Gasteiger partial charge in [0.15, 0.2) is 0 Å². The summed E-state index contributed by atoms with van der Waals surface area (Å²) in [6, 6.07) is 11.6. The van der Waals surface area contributed by atoms with Crippen molar-refractivity contribution in [2.24, 2.45) is 0 Å². The fraction of sp³-hybridized carbons (Fsp3) is 0.133. The van der Waals surface area contributed by atoms with Gasteiger partial charge in [0.2, 0.25) is 0 Å². The van der Waals surface area contributed by atoms with Gasteiger partial charge in [0.25, 0.3) is 5.91 Å². The molecule has 2 rings (SSSR count). The van der Waals surface area contributed by atoms with Crippen LogP contribution < -0.4 is 5.32 Å². The lowest BCUT2D eigenvalue weighted by Crippen LogP contribution is -2.23. The van der Waals surface area contributed by atoms with Gasteiger partial charge in [-0.25, -0.2) is 0 Å². The van der Waals surface area contributed by atoms with E-state index in [1.807, 2.05) is 42.5 Å². The maximum atomic E-state index is 11.7. The van der Waals surface area contributed by atoms with E-state index < -0.39 is 0 Å². The van der Waals surface area contributed by atoms with Crippen molar-refractivity contribution < 1.29 is 9.21 Å². The van der Waals surface area contributed by atoms with E-state index in [4.69, 9.17) is 4.42 Å². The van der Waals surface area contributed by atoms with Gasteiger partial charge >= 0.3 is 0 Å². The van der Waals surface area contributed by atoms with Crippen molar-refractivity contribution in [1.29, 1.82) is 0 Å². The topological polar surface area (TPSA) is 42.2 Å². The van der Waals surface area contributed by atoms with Crippen LogP contribution in [0, 0.1) is 6.92 Å². The Balaban J connectivity index is 1.84. The molecule has 0 atom stereocenters. The molecule has 0 saturated carbocycles. The third kappa shape index (κ3) is 3.10. The van der Waals surface area contributed by atoms with Crippen LogP contribution in [0.15, 0.2) is 53.2 Å². The molecule has 1 N–H and O–H groups in total. The summed E-state index contributed by atoms with van der Waals surface area (Å²) in [7, 11) is 0. The summed E-state index contributed by atoms with van der Waals surface area (Å²) in [6.07, 6.45) is 5.41. The first-order valence-electron chi connectivity index (χ1n) is 5.81. The molecule has 18 heavy (non-hydrogen) atoms. The zero-order chi connectivity index (χ0) is 12.8. The number of benzene rings is 1. The number of hydrogen-bond donors (Lipinski definition) is 1. The van der Waals surface area contributed by atoms with Crippen LogP contribution in [-0.2, 0) is 0 Å². The number of aryl methyl sites for hydroxylation is 1. The van der Waals surface area contributed by atoms with Crippen LogP contribution in [0.4, 0.5) is 0 Å². The summed E-state index contributed by atoms with van der Waals surface area (Å²) >= 11 is 0. The van der Waals surface area contributed by atoms with E-state index >= 15 is 0 Å². The van der Waals surface area contributed by atoms with Gasteiger partial charge in [0.1, 0.15) is 5.76 Å². The van der Waals surface area contributed by atoms with E-state index in [-0.39, 0.29) is 5.91 Å². The quantitative estimate of drug-likeness (QED) is 0.894. The van der Waals surface area contributed by atoms with E-state index in [0.717, 1.165) is 5.56 Å². The molecule has 1 aromatic carbocycles. The third-order valence-electron chi connectivity index (χ3n) is 2.59. The van der Waals surface area contributed by atoms with Crippen molar-refractivity contribution in [1.82, 2.24) is 5.32 Å². The Morgan fingerprint density at radius 1 is 1.28 bits per heavy atom. The summed E-state index contributed by atoms with van der Waals surface area (Å²) in [5.41, 5.74) is 1.70. The Labute approximate surface area is 106 Å². The lowest BCUT2D eigenvalue weighted by atomic mass is 10.2. The molecule has 0 aliphatic rings. The normalized spacial score (nSPS) is 10.7. The summed E-state index contributed by atoms with van der Waals surface area (Å²) < 4.78 is 5.08. The van der Waals surface area contributed by atoms with Crippen LogP contribution in [0.3, 0.4) is 0 Å². The standard InChI is InChI=1S/C15H15NO2/c1-12-14(9-11-18-12)15(17)16-10-5-8-13-6-3-2-4-7-13/h2-9,11H,10H2,1H3,(H,16,17). The number of carbonyl (C=O) groups is 1. The van der Waals surface area contributed by atoms with Gasteiger partial charge in [-0.2, -0.15) is 0 Å². The molecular formula is C15H15NO2. The predicted octanol–water partition coefficient (Wildman–Crippen LogP) is 3.03. The maximum Gasteiger partial charge on any atom is 0.255 e. The first kappa shape index (κ1) is 12.2. The molecule has 1 aromatic heterocycles. The average molecular weight is 241 g/mol. The minimum atomic E-state index is -0.112. The van der Waals surface area contributed by atoms with E-state index in [0.29, 0.717) is 17.9 Å². The summed E-state index contributed by atoms with van der Waals surface area (Å²) in [5.74, 6) is 0.526. The summed E-state index contributed by atoms with van der Waals surface area (Å²) in [6.45, 7) is 2.27. The number of furan rings is 1. The number of nitrogens with one attached hydrogen (secondary N) is 1. The molecule has 0 radical (unpaired) electrons. The number of amides is 1. The molecule has 0 bridgehead atoms. The first-order valence-corrected chi connectivity index (χ1v) is 5.81. The zero-order valence-corrected chi connectivity index (χ0v) is 10.2. The van der Waals surface area contributed by atoms with Crippen molar-refractivity contribution in [3.8, 4) is 0 Å². The SMILES string of the molecule is Cc1occc1C(=O)NCC=Cc1ccccc1. The second-order valence-electron chi connectivity index (χ2n) is 3.91. The fourth-order valence-electron chi connectivity index (χ4n) is 1.63.